The summed E-state index contributed by atoms with van der Waals surface area (Å²) in [5, 5.41) is -0.175. The molecule has 0 aliphatic carbocycles. The molecule has 0 spiro atoms. The number of nitrogens with zero attached hydrogens (tertiary/aromatic N) is 1. The molecule has 0 saturated carbocycles. The molecule has 2 rings (SSSR count). The molecule has 1 fully saturated rings. The van der Waals surface area contributed by atoms with Gasteiger partial charge in [0.15, 0.2) is 0 Å². The zero-order valence-electron chi connectivity index (χ0n) is 10.7. The highest BCUT2D eigenvalue weighted by molar-refractivity contribution is 8.18. The van der Waals surface area contributed by atoms with Gasteiger partial charge in [0.2, 0.25) is 0 Å². The number of hydrogen-bond acceptors (Lipinski definition) is 3. The van der Waals surface area contributed by atoms with Crippen molar-refractivity contribution < 1.29 is 9.59 Å². The molecule has 4 heteroatoms. The van der Waals surface area contributed by atoms with Crippen LogP contribution in [0.25, 0.3) is 6.08 Å². The van der Waals surface area contributed by atoms with E-state index in [1.165, 1.54) is 4.90 Å². The molecule has 1 aliphatic heterocycles. The Morgan fingerprint density at radius 3 is 2.63 bits per heavy atom. The summed E-state index contributed by atoms with van der Waals surface area (Å²) in [6, 6.07) is 9.82. The third-order valence-electron chi connectivity index (χ3n) is 2.66. The Morgan fingerprint density at radius 1 is 1.21 bits per heavy atom. The average Bonchev–Trinajstić information content (AvgIpc) is 2.68. The van der Waals surface area contributed by atoms with E-state index in [-0.39, 0.29) is 11.1 Å². The second-order valence-corrected chi connectivity index (χ2v) is 5.12. The maximum Gasteiger partial charge on any atom is 0.293 e. The molecule has 1 aliphatic rings. The Morgan fingerprint density at radius 2 is 1.95 bits per heavy atom. The van der Waals surface area contributed by atoms with Crippen LogP contribution in [0.4, 0.5) is 4.79 Å². The van der Waals surface area contributed by atoms with E-state index in [0.29, 0.717) is 11.4 Å². The van der Waals surface area contributed by atoms with E-state index >= 15 is 0 Å². The minimum absolute atomic E-state index is 0.175. The molecule has 1 aromatic carbocycles. The van der Waals surface area contributed by atoms with Crippen molar-refractivity contribution in [2.24, 2.45) is 0 Å². The number of benzene rings is 1. The monoisotopic (exact) mass is 273 g/mol. The topological polar surface area (TPSA) is 37.4 Å². The van der Waals surface area contributed by atoms with E-state index < -0.39 is 0 Å². The first-order valence-electron chi connectivity index (χ1n) is 6.19. The third kappa shape index (κ3) is 3.35. The fourth-order valence-electron chi connectivity index (χ4n) is 1.74. The molecule has 0 atom stereocenters. The van der Waals surface area contributed by atoms with Gasteiger partial charge in [-0.05, 0) is 29.8 Å². The highest BCUT2D eigenvalue weighted by Crippen LogP contribution is 2.30. The lowest BCUT2D eigenvalue weighted by molar-refractivity contribution is -0.122. The van der Waals surface area contributed by atoms with Gasteiger partial charge < -0.3 is 0 Å². The Bertz CT molecular complexity index is 534. The molecule has 0 aromatic heterocycles. The molecule has 0 N–H and O–H groups in total. The van der Waals surface area contributed by atoms with Crippen LogP contribution < -0.4 is 0 Å². The number of hydrogen-bond donors (Lipinski definition) is 0. The molecule has 98 valence electrons. The van der Waals surface area contributed by atoms with Gasteiger partial charge in [0.05, 0.1) is 4.91 Å². The third-order valence-corrected chi connectivity index (χ3v) is 3.58. The molecule has 0 bridgehead atoms. The number of amides is 2. The molecule has 0 unspecified atom stereocenters. The lowest BCUT2D eigenvalue weighted by Crippen LogP contribution is -2.28. The summed E-state index contributed by atoms with van der Waals surface area (Å²) in [7, 11) is 0. The summed E-state index contributed by atoms with van der Waals surface area (Å²) in [6.45, 7) is 2.44. The van der Waals surface area contributed by atoms with Crippen LogP contribution in [0, 0.1) is 0 Å². The highest BCUT2D eigenvalue weighted by Gasteiger charge is 2.33. The van der Waals surface area contributed by atoms with Crippen molar-refractivity contribution in [2.75, 3.05) is 6.54 Å². The number of imide groups is 1. The van der Waals surface area contributed by atoms with Crippen LogP contribution in [0.15, 0.2) is 47.4 Å². The van der Waals surface area contributed by atoms with Crippen molar-refractivity contribution >= 4 is 29.0 Å². The molecule has 1 heterocycles. The van der Waals surface area contributed by atoms with Gasteiger partial charge in [-0.25, -0.2) is 0 Å². The zero-order chi connectivity index (χ0) is 13.7. The van der Waals surface area contributed by atoms with Gasteiger partial charge in [-0.3, -0.25) is 14.5 Å². The number of carbonyl (C=O) groups is 2. The van der Waals surface area contributed by atoms with Gasteiger partial charge in [0, 0.05) is 6.54 Å². The van der Waals surface area contributed by atoms with Crippen molar-refractivity contribution in [1.29, 1.82) is 0 Å². The number of allylic oxidation sites excluding steroid dienone is 2. The van der Waals surface area contributed by atoms with Gasteiger partial charge >= 0.3 is 0 Å². The summed E-state index contributed by atoms with van der Waals surface area (Å²) in [4.78, 5) is 25.3. The Kier molecular flexibility index (Phi) is 4.58. The van der Waals surface area contributed by atoms with E-state index in [1.807, 2.05) is 43.3 Å². The fraction of sp³-hybridized carbons (Fsp3) is 0.200. The highest BCUT2D eigenvalue weighted by atomic mass is 32.2. The molecule has 2 amide bonds. The molecular weight excluding hydrogens is 258 g/mol. The Labute approximate surface area is 117 Å². The lowest BCUT2D eigenvalue weighted by Gasteiger charge is -2.09. The van der Waals surface area contributed by atoms with E-state index in [0.717, 1.165) is 23.7 Å². The Balaban J connectivity index is 2.07. The summed E-state index contributed by atoms with van der Waals surface area (Å²) in [5.41, 5.74) is 1.06. The molecule has 0 radical (unpaired) electrons. The van der Waals surface area contributed by atoms with E-state index in [4.69, 9.17) is 0 Å². The van der Waals surface area contributed by atoms with E-state index in [2.05, 4.69) is 0 Å². The first kappa shape index (κ1) is 13.6. The lowest BCUT2D eigenvalue weighted by atomic mass is 10.2. The van der Waals surface area contributed by atoms with Crippen molar-refractivity contribution in [3.05, 3.63) is 53.0 Å². The van der Waals surface area contributed by atoms with Gasteiger partial charge in [-0.2, -0.15) is 0 Å². The number of thioether (sulfide) groups is 1. The van der Waals surface area contributed by atoms with E-state index in [9.17, 15) is 9.59 Å². The number of rotatable bonds is 4. The molecule has 1 saturated heterocycles. The van der Waals surface area contributed by atoms with Crippen LogP contribution >= 0.6 is 11.8 Å². The zero-order valence-corrected chi connectivity index (χ0v) is 11.5. The minimum atomic E-state index is -0.186. The van der Waals surface area contributed by atoms with Gasteiger partial charge in [-0.15, -0.1) is 0 Å². The van der Waals surface area contributed by atoms with Crippen molar-refractivity contribution in [1.82, 2.24) is 4.90 Å². The van der Waals surface area contributed by atoms with Gasteiger partial charge in [-0.1, -0.05) is 49.4 Å². The largest absolute Gasteiger partial charge is 0.293 e. The van der Waals surface area contributed by atoms with Crippen LogP contribution in [-0.4, -0.2) is 22.6 Å². The quantitative estimate of drug-likeness (QED) is 0.785. The van der Waals surface area contributed by atoms with Crippen LogP contribution in [0.1, 0.15) is 18.9 Å². The summed E-state index contributed by atoms with van der Waals surface area (Å²) < 4.78 is 0. The van der Waals surface area contributed by atoms with E-state index in [1.54, 1.807) is 12.2 Å². The first-order chi connectivity index (χ1) is 9.22. The van der Waals surface area contributed by atoms with Gasteiger partial charge in [0.25, 0.3) is 11.1 Å². The normalized spacial score (nSPS) is 17.9. The van der Waals surface area contributed by atoms with Crippen molar-refractivity contribution in [3.8, 4) is 0 Å². The maximum atomic E-state index is 11.9. The average molecular weight is 273 g/mol. The standard InChI is InChI=1S/C15H15NO2S/c1-2-11-16-14(17)13(19-15(16)18)10-6-9-12-7-4-3-5-8-12/h3-10H,2,11H2,1H3/b9-6-,13-10+. The predicted molar refractivity (Wildman–Crippen MR) is 78.6 cm³/mol. The number of carbonyl (C=O) groups excluding carboxylic acids is 2. The summed E-state index contributed by atoms with van der Waals surface area (Å²) in [6.07, 6.45) is 6.20. The second kappa shape index (κ2) is 6.38. The van der Waals surface area contributed by atoms with Crippen LogP contribution in [0.3, 0.4) is 0 Å². The molecule has 19 heavy (non-hydrogen) atoms. The SMILES string of the molecule is CCCN1C(=O)S/C(=C/C=C\c2ccccc2)C1=O. The minimum Gasteiger partial charge on any atom is -0.268 e. The summed E-state index contributed by atoms with van der Waals surface area (Å²) in [5.74, 6) is -0.186. The molecule has 3 nitrogen and oxygen atoms in total. The van der Waals surface area contributed by atoms with Crippen LogP contribution in [0.5, 0.6) is 0 Å². The maximum absolute atomic E-state index is 11.9. The van der Waals surface area contributed by atoms with Crippen molar-refractivity contribution in [3.63, 3.8) is 0 Å². The molecular formula is C15H15NO2S. The van der Waals surface area contributed by atoms with Crippen LogP contribution in [0.2, 0.25) is 0 Å². The first-order valence-corrected chi connectivity index (χ1v) is 7.01. The van der Waals surface area contributed by atoms with Crippen molar-refractivity contribution in [2.45, 2.75) is 13.3 Å². The summed E-state index contributed by atoms with van der Waals surface area (Å²) >= 11 is 1.00. The smallest absolute Gasteiger partial charge is 0.268 e. The molecule has 1 aromatic rings. The Hall–Kier alpha value is -1.81. The predicted octanol–water partition coefficient (Wildman–Crippen LogP) is 3.69. The van der Waals surface area contributed by atoms with Crippen LogP contribution in [-0.2, 0) is 4.79 Å². The van der Waals surface area contributed by atoms with Gasteiger partial charge in [0.1, 0.15) is 0 Å². The fourth-order valence-corrected chi connectivity index (χ4v) is 2.56. The second-order valence-electron chi connectivity index (χ2n) is 4.13.